The zero-order chi connectivity index (χ0) is 15.0. The molecule has 0 atom stereocenters. The molecule has 0 fully saturated rings. The van der Waals surface area contributed by atoms with Crippen molar-refractivity contribution in [1.82, 2.24) is 9.55 Å². The Kier molecular flexibility index (Phi) is 3.84. The molecule has 3 aromatic rings. The largest absolute Gasteiger partial charge is 0.839 e. The Morgan fingerprint density at radius 2 is 2.29 bits per heavy atom. The lowest BCUT2D eigenvalue weighted by molar-refractivity contribution is -0.516. The molecule has 0 radical (unpaired) electrons. The van der Waals surface area contributed by atoms with Gasteiger partial charge in [-0.1, -0.05) is 17.7 Å². The second-order valence-electron chi connectivity index (χ2n) is 4.31. The quantitative estimate of drug-likeness (QED) is 0.413. The number of hydrogen-bond acceptors (Lipinski definition) is 4. The number of rotatable bonds is 4. The van der Waals surface area contributed by atoms with Crippen LogP contribution in [0.1, 0.15) is 15.4 Å². The van der Waals surface area contributed by atoms with Gasteiger partial charge in [0.25, 0.3) is 5.65 Å². The van der Waals surface area contributed by atoms with Crippen molar-refractivity contribution in [2.75, 3.05) is 5.88 Å². The van der Waals surface area contributed by atoms with Crippen LogP contribution in [0, 0.1) is 0 Å². The van der Waals surface area contributed by atoms with Gasteiger partial charge in [-0.3, -0.25) is 4.79 Å². The highest BCUT2D eigenvalue weighted by molar-refractivity contribution is 7.15. The maximum atomic E-state index is 12.5. The van der Waals surface area contributed by atoms with E-state index in [1.54, 1.807) is 35.0 Å². The number of carbonyl (C=O) groups excluding carboxylic acids is 1. The maximum absolute atomic E-state index is 12.5. The van der Waals surface area contributed by atoms with Gasteiger partial charge >= 0.3 is 0 Å². The molecule has 0 bridgehead atoms. The van der Waals surface area contributed by atoms with E-state index in [9.17, 15) is 9.90 Å². The summed E-state index contributed by atoms with van der Waals surface area (Å²) < 4.78 is 3.50. The Morgan fingerprint density at radius 1 is 1.48 bits per heavy atom. The highest BCUT2D eigenvalue weighted by atomic mass is 35.5. The summed E-state index contributed by atoms with van der Waals surface area (Å²) in [6, 6.07) is 5.33. The normalized spacial score (nSPS) is 11.1. The fraction of sp³-hybridized carbons (Fsp3) is 0.154. The highest BCUT2D eigenvalue weighted by Gasteiger charge is 2.24. The number of Topliss-reactive ketones (excluding diaryl/α,β-unsaturated/α-hetero) is 1. The molecular weight excluding hydrogens is 333 g/mol. The summed E-state index contributed by atoms with van der Waals surface area (Å²) >= 11 is 12.7. The van der Waals surface area contributed by atoms with Crippen molar-refractivity contribution in [3.05, 3.63) is 45.6 Å². The van der Waals surface area contributed by atoms with Gasteiger partial charge in [-0.2, -0.15) is 4.40 Å². The first-order chi connectivity index (χ1) is 10.1. The average Bonchev–Trinajstić information content (AvgIpc) is 3.01. The van der Waals surface area contributed by atoms with Gasteiger partial charge in [-0.15, -0.1) is 22.9 Å². The lowest BCUT2D eigenvalue weighted by Crippen LogP contribution is -2.28. The summed E-state index contributed by atoms with van der Waals surface area (Å²) in [6.45, 7) is 0.312. The smallest absolute Gasteiger partial charge is 0.286 e. The molecule has 8 heteroatoms. The van der Waals surface area contributed by atoms with E-state index in [0.717, 1.165) is 4.88 Å². The summed E-state index contributed by atoms with van der Waals surface area (Å²) in [6.07, 6.45) is 3.29. The Bertz CT molecular complexity index is 828. The third-order valence-corrected chi connectivity index (χ3v) is 4.37. The predicted octanol–water partition coefficient (Wildman–Crippen LogP) is 1.88. The predicted molar refractivity (Wildman–Crippen MR) is 78.3 cm³/mol. The molecule has 3 aromatic heterocycles. The molecule has 0 amide bonds. The van der Waals surface area contributed by atoms with Crippen LogP contribution in [0.15, 0.2) is 30.6 Å². The van der Waals surface area contributed by atoms with Crippen molar-refractivity contribution in [2.45, 2.75) is 6.54 Å². The molecule has 3 heterocycles. The summed E-state index contributed by atoms with van der Waals surface area (Å²) in [7, 11) is 0. The van der Waals surface area contributed by atoms with Gasteiger partial charge in [0, 0.05) is 12.3 Å². The van der Waals surface area contributed by atoms with Crippen LogP contribution in [0.4, 0.5) is 0 Å². The topological polar surface area (TPSA) is 62.0 Å². The van der Waals surface area contributed by atoms with E-state index < -0.39 is 5.78 Å². The fourth-order valence-corrected chi connectivity index (χ4v) is 3.25. The average molecular weight is 342 g/mol. The number of halogens is 2. The molecule has 0 saturated heterocycles. The van der Waals surface area contributed by atoms with E-state index in [-0.39, 0.29) is 17.5 Å². The second kappa shape index (κ2) is 5.63. The molecule has 0 aromatic carbocycles. The SMILES string of the molecule is O=C(CCl)c1c([O-])n(Cc2cnc(Cl)s2)c2cccc[n+]12. The van der Waals surface area contributed by atoms with E-state index in [4.69, 9.17) is 23.2 Å². The van der Waals surface area contributed by atoms with E-state index in [1.807, 2.05) is 0 Å². The molecule has 21 heavy (non-hydrogen) atoms. The minimum Gasteiger partial charge on any atom is -0.839 e. The zero-order valence-corrected chi connectivity index (χ0v) is 13.0. The number of hydrogen-bond donors (Lipinski definition) is 0. The summed E-state index contributed by atoms with van der Waals surface area (Å²) in [5.41, 5.74) is 0.691. The van der Waals surface area contributed by atoms with Crippen LogP contribution < -0.4 is 9.51 Å². The molecular formula is C13H9Cl2N3O2S. The molecule has 0 unspecified atom stereocenters. The third-order valence-electron chi connectivity index (χ3n) is 3.03. The molecule has 108 valence electrons. The molecule has 5 nitrogen and oxygen atoms in total. The van der Waals surface area contributed by atoms with E-state index in [2.05, 4.69) is 4.98 Å². The Balaban J connectivity index is 2.18. The van der Waals surface area contributed by atoms with Gasteiger partial charge in [0.15, 0.2) is 4.47 Å². The summed E-state index contributed by atoms with van der Waals surface area (Å²) in [5.74, 6) is -0.997. The monoisotopic (exact) mass is 341 g/mol. The Hall–Kier alpha value is -1.63. The molecule has 0 N–H and O–H groups in total. The number of nitrogens with zero attached hydrogens (tertiary/aromatic N) is 3. The van der Waals surface area contributed by atoms with E-state index in [1.165, 1.54) is 15.9 Å². The number of imidazole rings is 1. The van der Waals surface area contributed by atoms with E-state index in [0.29, 0.717) is 16.7 Å². The Labute approximate surface area is 134 Å². The van der Waals surface area contributed by atoms with Crippen LogP contribution in [0.25, 0.3) is 5.65 Å². The molecule has 0 aliphatic rings. The molecule has 3 rings (SSSR count). The molecule has 0 aliphatic heterocycles. The molecule has 0 saturated carbocycles. The van der Waals surface area contributed by atoms with Crippen LogP contribution in [0.2, 0.25) is 4.47 Å². The minimum absolute atomic E-state index is 0.0659. The fourth-order valence-electron chi connectivity index (χ4n) is 2.16. The second-order valence-corrected chi connectivity index (χ2v) is 6.27. The standard InChI is InChI=1S/C13H9Cl2N3O2S/c14-5-9(19)11-12(20)18(7-8-6-16-13(15)21-8)10-3-1-2-4-17(10)11/h1-4,6H,5,7H2. The van der Waals surface area contributed by atoms with Gasteiger partial charge in [-0.05, 0) is 6.07 Å². The zero-order valence-electron chi connectivity index (χ0n) is 10.6. The minimum atomic E-state index is -0.399. The Morgan fingerprint density at radius 3 is 2.95 bits per heavy atom. The van der Waals surface area contributed by atoms with Crippen molar-refractivity contribution >= 4 is 46.0 Å². The summed E-state index contributed by atoms with van der Waals surface area (Å²) in [4.78, 5) is 16.7. The molecule has 0 aliphatic carbocycles. The van der Waals surface area contributed by atoms with Crippen molar-refractivity contribution in [2.24, 2.45) is 0 Å². The van der Waals surface area contributed by atoms with Crippen molar-refractivity contribution in [3.63, 3.8) is 0 Å². The van der Waals surface area contributed by atoms with Crippen LogP contribution in [-0.2, 0) is 6.54 Å². The van der Waals surface area contributed by atoms with Gasteiger partial charge in [0.05, 0.1) is 17.0 Å². The van der Waals surface area contributed by atoms with Crippen molar-refractivity contribution in [3.8, 4) is 5.88 Å². The van der Waals surface area contributed by atoms with E-state index >= 15 is 0 Å². The van der Waals surface area contributed by atoms with Crippen LogP contribution in [0.3, 0.4) is 0 Å². The number of alkyl halides is 1. The van der Waals surface area contributed by atoms with Crippen molar-refractivity contribution < 1.29 is 14.3 Å². The maximum Gasteiger partial charge on any atom is 0.286 e. The number of fused-ring (bicyclic) bond motifs is 1. The van der Waals surface area contributed by atoms with Gasteiger partial charge < -0.3 is 5.11 Å². The summed E-state index contributed by atoms with van der Waals surface area (Å²) in [5, 5.41) is 12.5. The first kappa shape index (κ1) is 14.3. The van der Waals surface area contributed by atoms with Gasteiger partial charge in [-0.25, -0.2) is 9.55 Å². The lowest BCUT2D eigenvalue weighted by atomic mass is 10.3. The number of aromatic nitrogens is 3. The lowest BCUT2D eigenvalue weighted by Gasteiger charge is -2.04. The van der Waals surface area contributed by atoms with Crippen LogP contribution in [0.5, 0.6) is 5.88 Å². The highest BCUT2D eigenvalue weighted by Crippen LogP contribution is 2.23. The first-order valence-electron chi connectivity index (χ1n) is 6.01. The van der Waals surface area contributed by atoms with Crippen molar-refractivity contribution in [1.29, 1.82) is 0 Å². The van der Waals surface area contributed by atoms with Crippen LogP contribution in [-0.4, -0.2) is 21.2 Å². The van der Waals surface area contributed by atoms with Gasteiger partial charge in [0.1, 0.15) is 12.4 Å². The van der Waals surface area contributed by atoms with Gasteiger partial charge in [0.2, 0.25) is 11.5 Å². The molecule has 0 spiro atoms. The number of thiazole rings is 1. The number of ketones is 1. The number of carbonyl (C=O) groups is 1. The third kappa shape index (κ3) is 2.50. The first-order valence-corrected chi connectivity index (χ1v) is 7.74. The number of pyridine rings is 1. The van der Waals surface area contributed by atoms with Crippen LogP contribution >= 0.6 is 34.5 Å².